The highest BCUT2D eigenvalue weighted by molar-refractivity contribution is 6.32. The summed E-state index contributed by atoms with van der Waals surface area (Å²) in [4.78, 5) is 11.4. The van der Waals surface area contributed by atoms with Gasteiger partial charge in [0, 0.05) is 11.6 Å². The summed E-state index contributed by atoms with van der Waals surface area (Å²) in [6, 6.07) is 3.41. The third-order valence-corrected chi connectivity index (χ3v) is 2.70. The van der Waals surface area contributed by atoms with E-state index in [1.54, 1.807) is 12.1 Å². The first-order valence-electron chi connectivity index (χ1n) is 6.56. The average molecular weight is 301 g/mol. The summed E-state index contributed by atoms with van der Waals surface area (Å²) in [6.07, 6.45) is 0.102. The zero-order valence-corrected chi connectivity index (χ0v) is 13.3. The van der Waals surface area contributed by atoms with Gasteiger partial charge in [-0.1, -0.05) is 11.6 Å². The molecule has 0 saturated carbocycles. The van der Waals surface area contributed by atoms with Crippen LogP contribution in [0.1, 0.15) is 33.3 Å². The summed E-state index contributed by atoms with van der Waals surface area (Å²) >= 11 is 6.18. The molecule has 1 rings (SSSR count). The highest BCUT2D eigenvalue weighted by Crippen LogP contribution is 2.34. The fraction of sp³-hybridized carbons (Fsp3) is 0.533. The molecule has 0 aliphatic carbocycles. The number of methoxy groups -OCH3 is 1. The van der Waals surface area contributed by atoms with Gasteiger partial charge in [0.15, 0.2) is 0 Å². The Morgan fingerprint density at radius 3 is 2.15 bits per heavy atom. The number of rotatable bonds is 6. The van der Waals surface area contributed by atoms with Crippen molar-refractivity contribution >= 4 is 17.6 Å². The van der Waals surface area contributed by atoms with Crippen LogP contribution in [-0.4, -0.2) is 25.3 Å². The molecule has 0 spiro atoms. The first-order valence-corrected chi connectivity index (χ1v) is 6.93. The van der Waals surface area contributed by atoms with E-state index in [9.17, 15) is 4.79 Å². The molecule has 20 heavy (non-hydrogen) atoms. The largest absolute Gasteiger partial charge is 0.491 e. The van der Waals surface area contributed by atoms with Gasteiger partial charge < -0.3 is 14.2 Å². The lowest BCUT2D eigenvalue weighted by Crippen LogP contribution is -2.12. The standard InChI is InChI=1S/C15H21ClO4/c1-9(2)19-13-8-14(20-10(3)4)12(16)6-11(13)7-15(17)18-5/h6,8-10H,7H2,1-5H3. The van der Waals surface area contributed by atoms with Gasteiger partial charge in [-0.3, -0.25) is 4.79 Å². The molecule has 0 heterocycles. The highest BCUT2D eigenvalue weighted by Gasteiger charge is 2.16. The van der Waals surface area contributed by atoms with Crippen LogP contribution >= 0.6 is 11.6 Å². The van der Waals surface area contributed by atoms with Gasteiger partial charge in [0.05, 0.1) is 30.8 Å². The predicted molar refractivity (Wildman–Crippen MR) is 78.7 cm³/mol. The van der Waals surface area contributed by atoms with E-state index in [1.807, 2.05) is 27.7 Å². The summed E-state index contributed by atoms with van der Waals surface area (Å²) in [6.45, 7) is 7.67. The van der Waals surface area contributed by atoms with E-state index in [0.29, 0.717) is 22.1 Å². The summed E-state index contributed by atoms with van der Waals surface area (Å²) in [5.74, 6) is 0.795. The van der Waals surface area contributed by atoms with E-state index in [0.717, 1.165) is 0 Å². The second kappa shape index (κ2) is 7.39. The van der Waals surface area contributed by atoms with E-state index >= 15 is 0 Å². The molecule has 0 aliphatic rings. The summed E-state index contributed by atoms with van der Waals surface area (Å²) in [5.41, 5.74) is 0.687. The first kappa shape index (κ1) is 16.6. The number of halogens is 1. The first-order chi connectivity index (χ1) is 9.33. The zero-order chi connectivity index (χ0) is 15.3. The second-order valence-corrected chi connectivity index (χ2v) is 5.38. The van der Waals surface area contributed by atoms with Crippen molar-refractivity contribution in [2.75, 3.05) is 7.11 Å². The Balaban J connectivity index is 3.14. The minimum Gasteiger partial charge on any atom is -0.491 e. The maximum atomic E-state index is 11.4. The van der Waals surface area contributed by atoms with Gasteiger partial charge >= 0.3 is 5.97 Å². The monoisotopic (exact) mass is 300 g/mol. The number of hydrogen-bond donors (Lipinski definition) is 0. The molecule has 1 aromatic rings. The van der Waals surface area contributed by atoms with Crippen LogP contribution < -0.4 is 9.47 Å². The van der Waals surface area contributed by atoms with E-state index in [4.69, 9.17) is 21.1 Å². The molecule has 0 atom stereocenters. The topological polar surface area (TPSA) is 44.8 Å². The fourth-order valence-corrected chi connectivity index (χ4v) is 1.88. The lowest BCUT2D eigenvalue weighted by molar-refractivity contribution is -0.139. The van der Waals surface area contributed by atoms with Crippen molar-refractivity contribution in [2.24, 2.45) is 0 Å². The number of hydrogen-bond acceptors (Lipinski definition) is 4. The maximum Gasteiger partial charge on any atom is 0.310 e. The Kier molecular flexibility index (Phi) is 6.14. The number of carbonyl (C=O) groups excluding carboxylic acids is 1. The third-order valence-electron chi connectivity index (χ3n) is 2.40. The Labute approximate surface area is 125 Å². The van der Waals surface area contributed by atoms with E-state index < -0.39 is 0 Å². The minimum absolute atomic E-state index is 0.00542. The van der Waals surface area contributed by atoms with Crippen LogP contribution in [0.3, 0.4) is 0 Å². The van der Waals surface area contributed by atoms with Crippen molar-refractivity contribution in [1.29, 1.82) is 0 Å². The molecule has 1 aromatic carbocycles. The molecule has 112 valence electrons. The van der Waals surface area contributed by atoms with E-state index in [2.05, 4.69) is 4.74 Å². The van der Waals surface area contributed by atoms with E-state index in [-0.39, 0.29) is 24.6 Å². The molecule has 4 nitrogen and oxygen atoms in total. The Hall–Kier alpha value is -1.42. The number of ether oxygens (including phenoxy) is 3. The third kappa shape index (κ3) is 4.93. The molecule has 0 radical (unpaired) electrons. The minimum atomic E-state index is -0.341. The lowest BCUT2D eigenvalue weighted by Gasteiger charge is -2.18. The molecule has 0 aromatic heterocycles. The Morgan fingerprint density at radius 2 is 1.65 bits per heavy atom. The zero-order valence-electron chi connectivity index (χ0n) is 12.5. The van der Waals surface area contributed by atoms with Crippen LogP contribution in [0.25, 0.3) is 0 Å². The molecule has 0 fully saturated rings. The van der Waals surface area contributed by atoms with Crippen LogP contribution in [0.5, 0.6) is 11.5 Å². The fourth-order valence-electron chi connectivity index (χ4n) is 1.65. The SMILES string of the molecule is COC(=O)Cc1cc(Cl)c(OC(C)C)cc1OC(C)C. The van der Waals surface area contributed by atoms with Crippen molar-refractivity contribution in [3.05, 3.63) is 22.7 Å². The van der Waals surface area contributed by atoms with Crippen molar-refractivity contribution < 1.29 is 19.0 Å². The quantitative estimate of drug-likeness (QED) is 0.753. The van der Waals surface area contributed by atoms with Crippen LogP contribution in [0.2, 0.25) is 5.02 Å². The lowest BCUT2D eigenvalue weighted by atomic mass is 10.1. The summed E-state index contributed by atoms with van der Waals surface area (Å²) < 4.78 is 16.0. The van der Waals surface area contributed by atoms with Gasteiger partial charge in [0.25, 0.3) is 0 Å². The number of esters is 1. The van der Waals surface area contributed by atoms with Crippen molar-refractivity contribution in [3.8, 4) is 11.5 Å². The Morgan fingerprint density at radius 1 is 1.10 bits per heavy atom. The van der Waals surface area contributed by atoms with Crippen molar-refractivity contribution in [2.45, 2.75) is 46.3 Å². The molecular weight excluding hydrogens is 280 g/mol. The summed E-state index contributed by atoms with van der Waals surface area (Å²) in [7, 11) is 1.35. The normalized spacial score (nSPS) is 10.8. The van der Waals surface area contributed by atoms with Gasteiger partial charge in [0.1, 0.15) is 11.5 Å². The average Bonchev–Trinajstić information content (AvgIpc) is 2.33. The smallest absolute Gasteiger partial charge is 0.310 e. The molecule has 0 unspecified atom stereocenters. The van der Waals surface area contributed by atoms with Crippen LogP contribution in [-0.2, 0) is 16.0 Å². The van der Waals surface area contributed by atoms with E-state index in [1.165, 1.54) is 7.11 Å². The van der Waals surface area contributed by atoms with Gasteiger partial charge in [-0.15, -0.1) is 0 Å². The number of carbonyl (C=O) groups is 1. The van der Waals surface area contributed by atoms with Crippen molar-refractivity contribution in [1.82, 2.24) is 0 Å². The summed E-state index contributed by atoms with van der Waals surface area (Å²) in [5, 5.41) is 0.453. The molecule has 0 aliphatic heterocycles. The predicted octanol–water partition coefficient (Wildman–Crippen LogP) is 3.63. The van der Waals surface area contributed by atoms with Crippen LogP contribution in [0.15, 0.2) is 12.1 Å². The van der Waals surface area contributed by atoms with Gasteiger partial charge in [-0.05, 0) is 33.8 Å². The molecular formula is C15H21ClO4. The van der Waals surface area contributed by atoms with Crippen LogP contribution in [0, 0.1) is 0 Å². The number of benzene rings is 1. The molecule has 0 bridgehead atoms. The molecule has 0 saturated heterocycles. The maximum absolute atomic E-state index is 11.4. The van der Waals surface area contributed by atoms with Gasteiger partial charge in [-0.25, -0.2) is 0 Å². The Bertz CT molecular complexity index is 469. The molecule has 5 heteroatoms. The molecule has 0 amide bonds. The highest BCUT2D eigenvalue weighted by atomic mass is 35.5. The van der Waals surface area contributed by atoms with Gasteiger partial charge in [0.2, 0.25) is 0 Å². The molecule has 0 N–H and O–H groups in total. The van der Waals surface area contributed by atoms with Gasteiger partial charge in [-0.2, -0.15) is 0 Å². The second-order valence-electron chi connectivity index (χ2n) is 4.98. The van der Waals surface area contributed by atoms with Crippen LogP contribution in [0.4, 0.5) is 0 Å². The van der Waals surface area contributed by atoms with Crippen molar-refractivity contribution in [3.63, 3.8) is 0 Å².